The second kappa shape index (κ2) is 7.60. The molecule has 0 bridgehead atoms. The van der Waals surface area contributed by atoms with Gasteiger partial charge in [0.05, 0.1) is 0 Å². The van der Waals surface area contributed by atoms with Gasteiger partial charge in [-0.05, 0) is 48.9 Å². The number of hydrogen-bond donors (Lipinski definition) is 1. The molecule has 0 aromatic heterocycles. The van der Waals surface area contributed by atoms with Crippen molar-refractivity contribution < 1.29 is 4.79 Å². The quantitative estimate of drug-likeness (QED) is 0.918. The Bertz CT molecular complexity index is 716. The van der Waals surface area contributed by atoms with Gasteiger partial charge in [0.1, 0.15) is 0 Å². The zero-order valence-electron chi connectivity index (χ0n) is 15.3. The average Bonchev–Trinajstić information content (AvgIpc) is 2.62. The average molecular weight is 337 g/mol. The standard InChI is InChI=1S/C21H27N3O/c1-16(2)21(25)22-18-7-9-19(10-8-18)23-11-13-24(14-12-23)20-6-4-5-17(3)15-20/h4-10,15-16H,11-14H2,1-3H3,(H,22,25). The van der Waals surface area contributed by atoms with Crippen molar-refractivity contribution in [2.45, 2.75) is 20.8 Å². The highest BCUT2D eigenvalue weighted by Crippen LogP contribution is 2.23. The molecule has 4 nitrogen and oxygen atoms in total. The SMILES string of the molecule is Cc1cccc(N2CCN(c3ccc(NC(=O)C(C)C)cc3)CC2)c1. The van der Waals surface area contributed by atoms with Crippen molar-refractivity contribution in [3.63, 3.8) is 0 Å². The van der Waals surface area contributed by atoms with Crippen LogP contribution in [0.2, 0.25) is 0 Å². The van der Waals surface area contributed by atoms with E-state index in [9.17, 15) is 4.79 Å². The number of amides is 1. The molecule has 0 saturated carbocycles. The van der Waals surface area contributed by atoms with Crippen LogP contribution in [0, 0.1) is 12.8 Å². The largest absolute Gasteiger partial charge is 0.368 e. The Kier molecular flexibility index (Phi) is 5.27. The van der Waals surface area contributed by atoms with Crippen LogP contribution in [0.25, 0.3) is 0 Å². The van der Waals surface area contributed by atoms with Gasteiger partial charge in [0.2, 0.25) is 5.91 Å². The lowest BCUT2D eigenvalue weighted by Gasteiger charge is -2.37. The summed E-state index contributed by atoms with van der Waals surface area (Å²) in [7, 11) is 0. The number of anilines is 3. The minimum Gasteiger partial charge on any atom is -0.368 e. The van der Waals surface area contributed by atoms with Gasteiger partial charge in [0.25, 0.3) is 0 Å². The van der Waals surface area contributed by atoms with Gasteiger partial charge in [-0.2, -0.15) is 0 Å². The Hall–Kier alpha value is -2.49. The molecule has 1 N–H and O–H groups in total. The van der Waals surface area contributed by atoms with E-state index in [0.29, 0.717) is 0 Å². The lowest BCUT2D eigenvalue weighted by Crippen LogP contribution is -2.46. The minimum absolute atomic E-state index is 0.00521. The molecule has 2 aromatic carbocycles. The molecule has 4 heteroatoms. The molecule has 1 fully saturated rings. The van der Waals surface area contributed by atoms with Crippen LogP contribution in [-0.4, -0.2) is 32.1 Å². The number of carbonyl (C=O) groups excluding carboxylic acids is 1. The third-order valence-electron chi connectivity index (χ3n) is 4.67. The summed E-state index contributed by atoms with van der Waals surface area (Å²) in [6, 6.07) is 16.9. The summed E-state index contributed by atoms with van der Waals surface area (Å²) in [5.74, 6) is 0.0499. The molecule has 1 saturated heterocycles. The van der Waals surface area contributed by atoms with Crippen molar-refractivity contribution in [1.82, 2.24) is 0 Å². The van der Waals surface area contributed by atoms with Crippen LogP contribution in [0.1, 0.15) is 19.4 Å². The molecule has 1 heterocycles. The Morgan fingerprint density at radius 3 is 2.08 bits per heavy atom. The molecule has 0 radical (unpaired) electrons. The van der Waals surface area contributed by atoms with Crippen LogP contribution in [-0.2, 0) is 4.79 Å². The summed E-state index contributed by atoms with van der Waals surface area (Å²) in [6.45, 7) is 10.00. The summed E-state index contributed by atoms with van der Waals surface area (Å²) >= 11 is 0. The number of benzene rings is 2. The van der Waals surface area contributed by atoms with Gasteiger partial charge in [-0.3, -0.25) is 4.79 Å². The van der Waals surface area contributed by atoms with Crippen molar-refractivity contribution in [1.29, 1.82) is 0 Å². The molecule has 0 atom stereocenters. The lowest BCUT2D eigenvalue weighted by atomic mass is 10.1. The minimum atomic E-state index is -0.00521. The van der Waals surface area contributed by atoms with E-state index in [0.717, 1.165) is 31.9 Å². The fourth-order valence-electron chi connectivity index (χ4n) is 3.09. The molecule has 1 aliphatic heterocycles. The maximum absolute atomic E-state index is 11.8. The van der Waals surface area contributed by atoms with E-state index < -0.39 is 0 Å². The molecule has 132 valence electrons. The highest BCUT2D eigenvalue weighted by molar-refractivity contribution is 5.92. The first-order valence-corrected chi connectivity index (χ1v) is 9.00. The topological polar surface area (TPSA) is 35.6 Å². The number of aryl methyl sites for hydroxylation is 1. The van der Waals surface area contributed by atoms with Gasteiger partial charge in [0, 0.05) is 49.2 Å². The Balaban J connectivity index is 1.58. The summed E-state index contributed by atoms with van der Waals surface area (Å²) in [5.41, 5.74) is 4.69. The van der Waals surface area contributed by atoms with Crippen molar-refractivity contribution in [2.24, 2.45) is 5.92 Å². The molecule has 25 heavy (non-hydrogen) atoms. The summed E-state index contributed by atoms with van der Waals surface area (Å²) in [6.07, 6.45) is 0. The number of nitrogens with zero attached hydrogens (tertiary/aromatic N) is 2. The van der Waals surface area contributed by atoms with Crippen LogP contribution in [0.4, 0.5) is 17.1 Å². The van der Waals surface area contributed by atoms with Crippen molar-refractivity contribution in [3.8, 4) is 0 Å². The molecule has 0 spiro atoms. The maximum atomic E-state index is 11.8. The molecule has 0 unspecified atom stereocenters. The van der Waals surface area contributed by atoms with Gasteiger partial charge in [-0.1, -0.05) is 26.0 Å². The zero-order chi connectivity index (χ0) is 17.8. The molecular weight excluding hydrogens is 310 g/mol. The second-order valence-corrected chi connectivity index (χ2v) is 7.00. The van der Waals surface area contributed by atoms with Crippen molar-refractivity contribution in [3.05, 3.63) is 54.1 Å². The lowest BCUT2D eigenvalue weighted by molar-refractivity contribution is -0.118. The van der Waals surface area contributed by atoms with E-state index >= 15 is 0 Å². The number of hydrogen-bond acceptors (Lipinski definition) is 3. The molecule has 2 aromatic rings. The van der Waals surface area contributed by atoms with E-state index in [4.69, 9.17) is 0 Å². The van der Waals surface area contributed by atoms with E-state index in [1.807, 2.05) is 26.0 Å². The maximum Gasteiger partial charge on any atom is 0.226 e. The van der Waals surface area contributed by atoms with E-state index in [2.05, 4.69) is 58.4 Å². The van der Waals surface area contributed by atoms with Crippen LogP contribution in [0.5, 0.6) is 0 Å². The van der Waals surface area contributed by atoms with Crippen LogP contribution in [0.3, 0.4) is 0 Å². The monoisotopic (exact) mass is 337 g/mol. The van der Waals surface area contributed by atoms with Crippen molar-refractivity contribution in [2.75, 3.05) is 41.3 Å². The van der Waals surface area contributed by atoms with Gasteiger partial charge >= 0.3 is 0 Å². The normalized spacial score (nSPS) is 14.7. The number of nitrogens with one attached hydrogen (secondary N) is 1. The van der Waals surface area contributed by atoms with Crippen LogP contribution < -0.4 is 15.1 Å². The summed E-state index contributed by atoms with van der Waals surface area (Å²) in [4.78, 5) is 16.6. The zero-order valence-corrected chi connectivity index (χ0v) is 15.3. The highest BCUT2D eigenvalue weighted by Gasteiger charge is 2.17. The number of carbonyl (C=O) groups is 1. The van der Waals surface area contributed by atoms with Gasteiger partial charge < -0.3 is 15.1 Å². The van der Waals surface area contributed by atoms with E-state index in [1.54, 1.807) is 0 Å². The number of piperazine rings is 1. The number of rotatable bonds is 4. The smallest absolute Gasteiger partial charge is 0.226 e. The van der Waals surface area contributed by atoms with Crippen molar-refractivity contribution >= 4 is 23.0 Å². The molecule has 0 aliphatic carbocycles. The first kappa shape index (κ1) is 17.3. The third kappa shape index (κ3) is 4.32. The fourth-order valence-corrected chi connectivity index (χ4v) is 3.09. The first-order valence-electron chi connectivity index (χ1n) is 9.00. The fraction of sp³-hybridized carbons (Fsp3) is 0.381. The van der Waals surface area contributed by atoms with Gasteiger partial charge in [0.15, 0.2) is 0 Å². The summed E-state index contributed by atoms with van der Waals surface area (Å²) < 4.78 is 0. The third-order valence-corrected chi connectivity index (χ3v) is 4.67. The highest BCUT2D eigenvalue weighted by atomic mass is 16.1. The second-order valence-electron chi connectivity index (χ2n) is 7.00. The molecular formula is C21H27N3O. The summed E-state index contributed by atoms with van der Waals surface area (Å²) in [5, 5.41) is 2.94. The van der Waals surface area contributed by atoms with Gasteiger partial charge in [-0.25, -0.2) is 0 Å². The molecule has 3 rings (SSSR count). The Labute approximate surface area is 150 Å². The van der Waals surface area contributed by atoms with Crippen LogP contribution >= 0.6 is 0 Å². The predicted molar refractivity (Wildman–Crippen MR) is 106 cm³/mol. The Morgan fingerprint density at radius 2 is 1.52 bits per heavy atom. The van der Waals surface area contributed by atoms with E-state index in [1.165, 1.54) is 16.9 Å². The van der Waals surface area contributed by atoms with Crippen LogP contribution in [0.15, 0.2) is 48.5 Å². The Morgan fingerprint density at radius 1 is 0.920 bits per heavy atom. The van der Waals surface area contributed by atoms with Gasteiger partial charge in [-0.15, -0.1) is 0 Å². The first-order chi connectivity index (χ1) is 12.0. The molecule has 1 amide bonds. The predicted octanol–water partition coefficient (Wildman–Crippen LogP) is 3.92. The van der Waals surface area contributed by atoms with E-state index in [-0.39, 0.29) is 11.8 Å². The molecule has 1 aliphatic rings.